The van der Waals surface area contributed by atoms with E-state index in [1.807, 2.05) is 0 Å². The smallest absolute Gasteiger partial charge is 0.272 e. The highest BCUT2D eigenvalue weighted by atomic mass is 32.2. The molecule has 0 aliphatic carbocycles. The summed E-state index contributed by atoms with van der Waals surface area (Å²) in [5, 5.41) is 11.8. The monoisotopic (exact) mass is 404 g/mol. The van der Waals surface area contributed by atoms with Crippen molar-refractivity contribution in [1.29, 1.82) is 0 Å². The Hall–Kier alpha value is -3.24. The molecular formula is C18H17FN4O4S. The number of ether oxygens (including phenoxy) is 1. The molecule has 0 spiro atoms. The number of primary sulfonamides is 1. The molecule has 3 N–H and O–H groups in total. The number of rotatable bonds is 7. The summed E-state index contributed by atoms with van der Waals surface area (Å²) in [6, 6.07) is 13.0. The minimum Gasteiger partial charge on any atom is -0.471 e. The van der Waals surface area contributed by atoms with Gasteiger partial charge in [-0.2, -0.15) is 5.10 Å². The molecule has 0 fully saturated rings. The Bertz CT molecular complexity index is 1060. The number of nitrogens with two attached hydrogens (primary N) is 1. The van der Waals surface area contributed by atoms with Crippen molar-refractivity contribution in [1.82, 2.24) is 15.1 Å². The van der Waals surface area contributed by atoms with Crippen LogP contribution in [0, 0.1) is 5.82 Å². The lowest BCUT2D eigenvalue weighted by atomic mass is 10.2. The van der Waals surface area contributed by atoms with Gasteiger partial charge >= 0.3 is 0 Å². The normalized spacial score (nSPS) is 11.2. The maximum absolute atomic E-state index is 12.9. The molecule has 2 aromatic carbocycles. The Morgan fingerprint density at radius 1 is 1.11 bits per heavy atom. The van der Waals surface area contributed by atoms with Gasteiger partial charge in [-0.15, -0.1) is 0 Å². The molecule has 10 heteroatoms. The van der Waals surface area contributed by atoms with Crippen LogP contribution in [-0.4, -0.2) is 24.1 Å². The van der Waals surface area contributed by atoms with Crippen LogP contribution in [0.2, 0.25) is 0 Å². The van der Waals surface area contributed by atoms with Crippen LogP contribution in [0.4, 0.5) is 4.39 Å². The van der Waals surface area contributed by atoms with Crippen LogP contribution in [0.25, 0.3) is 0 Å². The molecule has 0 unspecified atom stereocenters. The molecule has 0 saturated heterocycles. The second-order valence-electron chi connectivity index (χ2n) is 5.84. The van der Waals surface area contributed by atoms with Crippen LogP contribution in [0.3, 0.4) is 0 Å². The van der Waals surface area contributed by atoms with Gasteiger partial charge in [0.05, 0.1) is 4.90 Å². The molecule has 3 aromatic rings. The maximum Gasteiger partial charge on any atom is 0.272 e. The molecule has 8 nitrogen and oxygen atoms in total. The van der Waals surface area contributed by atoms with Crippen LogP contribution in [0.15, 0.2) is 65.7 Å². The molecule has 28 heavy (non-hydrogen) atoms. The molecule has 0 bridgehead atoms. The summed E-state index contributed by atoms with van der Waals surface area (Å²) in [5.74, 6) is -0.272. The van der Waals surface area contributed by atoms with Crippen molar-refractivity contribution in [3.8, 4) is 5.75 Å². The molecule has 1 heterocycles. The van der Waals surface area contributed by atoms with E-state index in [9.17, 15) is 17.6 Å². The number of halogens is 1. The minimum atomic E-state index is -3.75. The summed E-state index contributed by atoms with van der Waals surface area (Å²) in [6.07, 6.45) is 1.58. The number of benzene rings is 2. The molecular weight excluding hydrogens is 387 g/mol. The number of hydrogen-bond donors (Lipinski definition) is 2. The first kappa shape index (κ1) is 19.5. The Balaban J connectivity index is 1.53. The number of nitrogens with one attached hydrogen (secondary N) is 1. The molecule has 1 aromatic heterocycles. The summed E-state index contributed by atoms with van der Waals surface area (Å²) < 4.78 is 42.2. The van der Waals surface area contributed by atoms with Crippen LogP contribution in [-0.2, 0) is 23.3 Å². The average Bonchev–Trinajstić information content (AvgIpc) is 3.14. The van der Waals surface area contributed by atoms with Gasteiger partial charge < -0.3 is 10.1 Å². The van der Waals surface area contributed by atoms with Gasteiger partial charge in [0.15, 0.2) is 6.73 Å². The van der Waals surface area contributed by atoms with Gasteiger partial charge in [-0.25, -0.2) is 22.6 Å². The van der Waals surface area contributed by atoms with Crippen LogP contribution < -0.4 is 15.2 Å². The van der Waals surface area contributed by atoms with E-state index in [0.29, 0.717) is 11.3 Å². The molecule has 1 amide bonds. The van der Waals surface area contributed by atoms with Crippen LogP contribution >= 0.6 is 0 Å². The van der Waals surface area contributed by atoms with Crippen molar-refractivity contribution < 1.29 is 22.3 Å². The number of nitrogens with zero attached hydrogens (tertiary/aromatic N) is 2. The van der Waals surface area contributed by atoms with E-state index in [-0.39, 0.29) is 29.7 Å². The van der Waals surface area contributed by atoms with Gasteiger partial charge in [0, 0.05) is 12.7 Å². The van der Waals surface area contributed by atoms with E-state index in [0.717, 1.165) is 0 Å². The maximum atomic E-state index is 12.9. The van der Waals surface area contributed by atoms with Crippen molar-refractivity contribution in [3.63, 3.8) is 0 Å². The van der Waals surface area contributed by atoms with Crippen molar-refractivity contribution in [2.75, 3.05) is 0 Å². The molecule has 0 atom stereocenters. The first-order chi connectivity index (χ1) is 13.3. The summed E-state index contributed by atoms with van der Waals surface area (Å²) >= 11 is 0. The fourth-order valence-electron chi connectivity index (χ4n) is 2.30. The zero-order valence-electron chi connectivity index (χ0n) is 14.6. The van der Waals surface area contributed by atoms with Gasteiger partial charge in [0.1, 0.15) is 17.3 Å². The fraction of sp³-hybridized carbons (Fsp3) is 0.111. The summed E-state index contributed by atoms with van der Waals surface area (Å²) in [7, 11) is -3.75. The molecule has 0 radical (unpaired) electrons. The number of carbonyl (C=O) groups is 1. The van der Waals surface area contributed by atoms with E-state index in [4.69, 9.17) is 9.88 Å². The second kappa shape index (κ2) is 8.19. The zero-order chi connectivity index (χ0) is 20.1. The van der Waals surface area contributed by atoms with E-state index in [1.54, 1.807) is 18.3 Å². The second-order valence-corrected chi connectivity index (χ2v) is 7.40. The van der Waals surface area contributed by atoms with Gasteiger partial charge in [-0.05, 0) is 48.0 Å². The third kappa shape index (κ3) is 5.15. The lowest BCUT2D eigenvalue weighted by Gasteiger charge is -2.06. The predicted molar refractivity (Wildman–Crippen MR) is 98.2 cm³/mol. The van der Waals surface area contributed by atoms with Crippen LogP contribution in [0.5, 0.6) is 5.75 Å². The first-order valence-electron chi connectivity index (χ1n) is 8.13. The van der Waals surface area contributed by atoms with Crippen molar-refractivity contribution in [3.05, 3.63) is 77.9 Å². The summed E-state index contributed by atoms with van der Waals surface area (Å²) in [4.78, 5) is 12.2. The quantitative estimate of drug-likeness (QED) is 0.621. The van der Waals surface area contributed by atoms with Gasteiger partial charge in [0.25, 0.3) is 5.91 Å². The Kier molecular flexibility index (Phi) is 5.71. The number of carbonyl (C=O) groups excluding carboxylic acids is 1. The number of aromatic nitrogens is 2. The highest BCUT2D eigenvalue weighted by Gasteiger charge is 2.11. The van der Waals surface area contributed by atoms with Crippen molar-refractivity contribution in [2.24, 2.45) is 5.14 Å². The molecule has 0 aliphatic rings. The highest BCUT2D eigenvalue weighted by molar-refractivity contribution is 7.89. The van der Waals surface area contributed by atoms with Crippen LogP contribution in [0.1, 0.15) is 16.1 Å². The zero-order valence-corrected chi connectivity index (χ0v) is 15.4. The Morgan fingerprint density at radius 2 is 1.79 bits per heavy atom. The minimum absolute atomic E-state index is 0.00229. The summed E-state index contributed by atoms with van der Waals surface area (Å²) in [5.41, 5.74) is 0.906. The lowest BCUT2D eigenvalue weighted by molar-refractivity contribution is 0.0944. The first-order valence-corrected chi connectivity index (χ1v) is 9.68. The molecule has 146 valence electrons. The SMILES string of the molecule is NS(=O)(=O)c1ccc(CNC(=O)c2ccn(COc3ccc(F)cc3)n2)cc1. The fourth-order valence-corrected chi connectivity index (χ4v) is 2.81. The topological polar surface area (TPSA) is 116 Å². The third-order valence-corrected chi connectivity index (χ3v) is 4.68. The van der Waals surface area contributed by atoms with Gasteiger partial charge in [-0.3, -0.25) is 4.79 Å². The lowest BCUT2D eigenvalue weighted by Crippen LogP contribution is -2.23. The number of hydrogen-bond acceptors (Lipinski definition) is 5. The average molecular weight is 404 g/mol. The Labute approximate surface area is 160 Å². The Morgan fingerprint density at radius 3 is 2.43 bits per heavy atom. The van der Waals surface area contributed by atoms with E-state index in [1.165, 1.54) is 47.1 Å². The molecule has 3 rings (SSSR count). The van der Waals surface area contributed by atoms with Gasteiger partial charge in [-0.1, -0.05) is 12.1 Å². The third-order valence-electron chi connectivity index (χ3n) is 3.76. The standard InChI is InChI=1S/C18H17FN4O4S/c19-14-3-5-15(6-4-14)27-12-23-10-9-17(22-23)18(24)21-11-13-1-7-16(8-2-13)28(20,25)26/h1-10H,11-12H2,(H,21,24)(H2,20,25,26). The van der Waals surface area contributed by atoms with E-state index < -0.39 is 15.9 Å². The molecule has 0 aliphatic heterocycles. The van der Waals surface area contributed by atoms with E-state index in [2.05, 4.69) is 10.4 Å². The molecule has 0 saturated carbocycles. The van der Waals surface area contributed by atoms with Crippen molar-refractivity contribution in [2.45, 2.75) is 18.2 Å². The predicted octanol–water partition coefficient (Wildman–Crippen LogP) is 1.64. The number of amides is 1. The largest absolute Gasteiger partial charge is 0.471 e. The van der Waals surface area contributed by atoms with Gasteiger partial charge in [0.2, 0.25) is 10.0 Å². The highest BCUT2D eigenvalue weighted by Crippen LogP contribution is 2.12. The summed E-state index contributed by atoms with van der Waals surface area (Å²) in [6.45, 7) is 0.261. The van der Waals surface area contributed by atoms with Crippen molar-refractivity contribution >= 4 is 15.9 Å². The van der Waals surface area contributed by atoms with E-state index >= 15 is 0 Å². The number of sulfonamides is 1.